The molecule has 0 radical (unpaired) electrons. The van der Waals surface area contributed by atoms with Crippen LogP contribution in [0, 0.1) is 12.3 Å². The van der Waals surface area contributed by atoms with E-state index in [0.29, 0.717) is 31.2 Å². The van der Waals surface area contributed by atoms with Crippen LogP contribution < -0.4 is 5.32 Å². The van der Waals surface area contributed by atoms with Crippen molar-refractivity contribution in [1.29, 1.82) is 0 Å². The first-order valence-corrected chi connectivity index (χ1v) is 8.87. The van der Waals surface area contributed by atoms with E-state index in [4.69, 9.17) is 4.42 Å². The van der Waals surface area contributed by atoms with Gasteiger partial charge in [-0.05, 0) is 38.6 Å². The molecule has 0 saturated carbocycles. The first kappa shape index (κ1) is 18.6. The van der Waals surface area contributed by atoms with Crippen molar-refractivity contribution in [3.63, 3.8) is 0 Å². The first-order chi connectivity index (χ1) is 11.2. The third kappa shape index (κ3) is 5.72. The Balaban J connectivity index is 1.79. The van der Waals surface area contributed by atoms with Gasteiger partial charge in [-0.1, -0.05) is 13.8 Å². The Morgan fingerprint density at radius 3 is 2.71 bits per heavy atom. The minimum Gasteiger partial charge on any atom is -0.420 e. The van der Waals surface area contributed by atoms with Gasteiger partial charge in [-0.3, -0.25) is 4.79 Å². The van der Waals surface area contributed by atoms with Crippen molar-refractivity contribution in [3.8, 4) is 10.8 Å². The van der Waals surface area contributed by atoms with Crippen LogP contribution in [0.1, 0.15) is 31.0 Å². The van der Waals surface area contributed by atoms with Gasteiger partial charge in [-0.2, -0.15) is 0 Å². The summed E-state index contributed by atoms with van der Waals surface area (Å²) in [5, 5.41) is 11.1. The average molecular weight is 350 g/mol. The molecular weight excluding hydrogens is 324 g/mol. The molecule has 2 rings (SSSR count). The average Bonchev–Trinajstić information content (AvgIpc) is 3.10. The van der Waals surface area contributed by atoms with Crippen molar-refractivity contribution in [3.05, 3.63) is 22.9 Å². The molecule has 0 atom stereocenters. The second-order valence-corrected chi connectivity index (χ2v) is 8.38. The normalized spacial score (nSPS) is 11.9. The summed E-state index contributed by atoms with van der Waals surface area (Å²) >= 11 is 1.61. The number of aromatic nitrogens is 2. The molecule has 2 heterocycles. The van der Waals surface area contributed by atoms with E-state index in [-0.39, 0.29) is 11.3 Å². The maximum atomic E-state index is 12.0. The van der Waals surface area contributed by atoms with Gasteiger partial charge >= 0.3 is 0 Å². The molecule has 24 heavy (non-hydrogen) atoms. The van der Waals surface area contributed by atoms with Crippen LogP contribution in [0.2, 0.25) is 0 Å². The minimum absolute atomic E-state index is 0.00792. The molecule has 0 aliphatic rings. The molecule has 1 amide bonds. The van der Waals surface area contributed by atoms with E-state index in [9.17, 15) is 4.79 Å². The lowest BCUT2D eigenvalue weighted by Gasteiger charge is -2.28. The van der Waals surface area contributed by atoms with Gasteiger partial charge in [0.1, 0.15) is 0 Å². The molecule has 0 unspecified atom stereocenters. The van der Waals surface area contributed by atoms with Gasteiger partial charge in [-0.15, -0.1) is 21.5 Å². The summed E-state index contributed by atoms with van der Waals surface area (Å²) < 4.78 is 5.63. The standard InChI is InChI=1S/C17H26N4O2S/c1-12-6-7-13(24-12)16-20-19-15(23-16)9-8-14(22)18-10-17(2,3)11-21(4)5/h6-7H,8-11H2,1-5H3,(H,18,22). The van der Waals surface area contributed by atoms with Crippen molar-refractivity contribution >= 4 is 17.2 Å². The van der Waals surface area contributed by atoms with E-state index >= 15 is 0 Å². The highest BCUT2D eigenvalue weighted by Crippen LogP contribution is 2.26. The van der Waals surface area contributed by atoms with E-state index in [2.05, 4.69) is 34.3 Å². The van der Waals surface area contributed by atoms with E-state index < -0.39 is 0 Å². The van der Waals surface area contributed by atoms with Crippen molar-refractivity contribution in [2.75, 3.05) is 27.2 Å². The highest BCUT2D eigenvalue weighted by Gasteiger charge is 2.20. The third-order valence-electron chi connectivity index (χ3n) is 3.49. The largest absolute Gasteiger partial charge is 0.420 e. The summed E-state index contributed by atoms with van der Waals surface area (Å²) in [6.45, 7) is 7.88. The second-order valence-electron chi connectivity index (χ2n) is 7.09. The lowest BCUT2D eigenvalue weighted by Crippen LogP contribution is -2.40. The number of hydrogen-bond donors (Lipinski definition) is 1. The van der Waals surface area contributed by atoms with Crippen LogP contribution in [0.15, 0.2) is 16.5 Å². The van der Waals surface area contributed by atoms with Crippen molar-refractivity contribution < 1.29 is 9.21 Å². The third-order valence-corrected chi connectivity index (χ3v) is 4.48. The number of carbonyl (C=O) groups excluding carboxylic acids is 1. The van der Waals surface area contributed by atoms with Crippen LogP contribution in [0.4, 0.5) is 0 Å². The Kier molecular flexibility index (Phi) is 6.12. The molecule has 6 nitrogen and oxygen atoms in total. The zero-order chi connectivity index (χ0) is 17.7. The monoisotopic (exact) mass is 350 g/mol. The van der Waals surface area contributed by atoms with Crippen molar-refractivity contribution in [2.24, 2.45) is 5.41 Å². The lowest BCUT2D eigenvalue weighted by atomic mass is 9.93. The first-order valence-electron chi connectivity index (χ1n) is 8.06. The summed E-state index contributed by atoms with van der Waals surface area (Å²) in [5.41, 5.74) is 0.0356. The number of amides is 1. The minimum atomic E-state index is 0.00792. The molecular formula is C17H26N4O2S. The van der Waals surface area contributed by atoms with Gasteiger partial charge in [0.15, 0.2) is 0 Å². The predicted molar refractivity (Wildman–Crippen MR) is 96.0 cm³/mol. The molecule has 0 aromatic carbocycles. The summed E-state index contributed by atoms with van der Waals surface area (Å²) in [7, 11) is 4.07. The summed E-state index contributed by atoms with van der Waals surface area (Å²) in [5.74, 6) is 1.03. The van der Waals surface area contributed by atoms with Gasteiger partial charge in [0.05, 0.1) is 4.88 Å². The van der Waals surface area contributed by atoms with Gasteiger partial charge in [0.2, 0.25) is 11.8 Å². The SMILES string of the molecule is Cc1ccc(-c2nnc(CCC(=O)NCC(C)(C)CN(C)C)o2)s1. The van der Waals surface area contributed by atoms with E-state index in [1.54, 1.807) is 11.3 Å². The molecule has 0 aliphatic heterocycles. The highest BCUT2D eigenvalue weighted by atomic mass is 32.1. The second kappa shape index (κ2) is 7.90. The number of hydrogen-bond acceptors (Lipinski definition) is 6. The fourth-order valence-electron chi connectivity index (χ4n) is 2.56. The Morgan fingerprint density at radius 2 is 2.08 bits per heavy atom. The Hall–Kier alpha value is -1.73. The number of rotatable bonds is 8. The number of nitrogens with zero attached hydrogens (tertiary/aromatic N) is 3. The molecule has 7 heteroatoms. The summed E-state index contributed by atoms with van der Waals surface area (Å²) in [4.78, 5) is 16.3. The highest BCUT2D eigenvalue weighted by molar-refractivity contribution is 7.15. The van der Waals surface area contributed by atoms with Gasteiger partial charge in [-0.25, -0.2) is 0 Å². The van der Waals surface area contributed by atoms with Crippen LogP contribution >= 0.6 is 11.3 Å². The smallest absolute Gasteiger partial charge is 0.257 e. The molecule has 0 fully saturated rings. The van der Waals surface area contributed by atoms with Crippen LogP contribution in [0.5, 0.6) is 0 Å². The summed E-state index contributed by atoms with van der Waals surface area (Å²) in [6.07, 6.45) is 0.806. The Labute approximate surface area is 147 Å². The fourth-order valence-corrected chi connectivity index (χ4v) is 3.35. The molecule has 1 N–H and O–H groups in total. The maximum Gasteiger partial charge on any atom is 0.257 e. The van der Waals surface area contributed by atoms with Crippen molar-refractivity contribution in [2.45, 2.75) is 33.6 Å². The molecule has 2 aromatic heterocycles. The predicted octanol–water partition coefficient (Wildman–Crippen LogP) is 2.74. The van der Waals surface area contributed by atoms with Crippen LogP contribution in [-0.2, 0) is 11.2 Å². The molecule has 0 spiro atoms. The number of thiophene rings is 1. The van der Waals surface area contributed by atoms with E-state index in [0.717, 1.165) is 11.4 Å². The fraction of sp³-hybridized carbons (Fsp3) is 0.588. The topological polar surface area (TPSA) is 71.3 Å². The van der Waals surface area contributed by atoms with Gasteiger partial charge < -0.3 is 14.6 Å². The van der Waals surface area contributed by atoms with Gasteiger partial charge in [0, 0.05) is 30.8 Å². The number of carbonyl (C=O) groups is 1. The molecule has 2 aromatic rings. The number of nitrogens with one attached hydrogen (secondary N) is 1. The molecule has 0 bridgehead atoms. The summed E-state index contributed by atoms with van der Waals surface area (Å²) in [6, 6.07) is 3.99. The molecule has 132 valence electrons. The number of aryl methyl sites for hydroxylation is 2. The molecule has 0 aliphatic carbocycles. The zero-order valence-electron chi connectivity index (χ0n) is 15.0. The quantitative estimate of drug-likeness (QED) is 0.792. The Morgan fingerprint density at radius 1 is 1.33 bits per heavy atom. The van der Waals surface area contributed by atoms with Crippen LogP contribution in [0.25, 0.3) is 10.8 Å². The van der Waals surface area contributed by atoms with Gasteiger partial charge in [0.25, 0.3) is 5.89 Å². The lowest BCUT2D eigenvalue weighted by molar-refractivity contribution is -0.121. The Bertz CT molecular complexity index is 676. The molecule has 0 saturated heterocycles. The van der Waals surface area contributed by atoms with E-state index in [1.807, 2.05) is 33.2 Å². The maximum absolute atomic E-state index is 12.0. The zero-order valence-corrected chi connectivity index (χ0v) is 15.9. The van der Waals surface area contributed by atoms with Crippen LogP contribution in [-0.4, -0.2) is 48.2 Å². The van der Waals surface area contributed by atoms with Crippen molar-refractivity contribution in [1.82, 2.24) is 20.4 Å². The van der Waals surface area contributed by atoms with E-state index in [1.165, 1.54) is 4.88 Å². The van der Waals surface area contributed by atoms with Crippen LogP contribution in [0.3, 0.4) is 0 Å².